The number of nitrogens with two attached hydrogens (primary N) is 1. The second-order valence-electron chi connectivity index (χ2n) is 6.12. The molecule has 1 aromatic heterocycles. The van der Waals surface area contributed by atoms with Gasteiger partial charge in [0.2, 0.25) is 6.29 Å². The summed E-state index contributed by atoms with van der Waals surface area (Å²) in [4.78, 5) is 21.7. The molecule has 0 aliphatic carbocycles. The lowest BCUT2D eigenvalue weighted by Gasteiger charge is -2.15. The molecule has 152 valence electrons. The highest BCUT2D eigenvalue weighted by molar-refractivity contribution is 6.46. The van der Waals surface area contributed by atoms with Crippen LogP contribution in [0.15, 0.2) is 53.7 Å². The summed E-state index contributed by atoms with van der Waals surface area (Å²) in [5, 5.41) is 16.0. The van der Waals surface area contributed by atoms with E-state index in [0.29, 0.717) is 30.3 Å². The first-order valence-electron chi connectivity index (χ1n) is 8.87. The summed E-state index contributed by atoms with van der Waals surface area (Å²) in [6, 6.07) is 14.3. The number of amidine groups is 1. The van der Waals surface area contributed by atoms with Crippen LogP contribution in [0, 0.1) is 5.41 Å². The van der Waals surface area contributed by atoms with Gasteiger partial charge in [-0.3, -0.25) is 15.2 Å². The van der Waals surface area contributed by atoms with Gasteiger partial charge in [-0.2, -0.15) is 0 Å². The summed E-state index contributed by atoms with van der Waals surface area (Å²) >= 11 is 0. The molecule has 1 saturated heterocycles. The number of benzene rings is 1. The largest absolute Gasteiger partial charge is 0.389 e. The van der Waals surface area contributed by atoms with Gasteiger partial charge in [-0.15, -0.1) is 0 Å². The van der Waals surface area contributed by atoms with Gasteiger partial charge in [0.1, 0.15) is 5.82 Å². The van der Waals surface area contributed by atoms with Crippen LogP contribution in [0.3, 0.4) is 0 Å². The average molecular weight is 398 g/mol. The maximum Gasteiger partial charge on any atom is 0.282 e. The first-order valence-corrected chi connectivity index (χ1v) is 8.87. The molecule has 0 saturated carbocycles. The van der Waals surface area contributed by atoms with Crippen molar-refractivity contribution in [2.24, 2.45) is 11.0 Å². The van der Waals surface area contributed by atoms with Crippen LogP contribution in [-0.2, 0) is 25.7 Å². The molecule has 1 amide bonds. The van der Waals surface area contributed by atoms with Crippen molar-refractivity contribution < 1.29 is 19.1 Å². The van der Waals surface area contributed by atoms with E-state index < -0.39 is 12.2 Å². The summed E-state index contributed by atoms with van der Waals surface area (Å²) in [7, 11) is 1.55. The Bertz CT molecular complexity index is 881. The molecule has 10 nitrogen and oxygen atoms in total. The number of likely N-dealkylation sites (N-methyl/N-ethyl adjacent to an activating group) is 1. The van der Waals surface area contributed by atoms with Crippen molar-refractivity contribution >= 4 is 23.3 Å². The fourth-order valence-electron chi connectivity index (χ4n) is 2.48. The molecular weight excluding hydrogens is 376 g/mol. The number of oxime groups is 1. The molecule has 4 N–H and O–H groups in total. The SMILES string of the molecule is CN(N)C(=N)/C(=N\OCc1cccc(NC(=O)C2OCCO2)n1)c1ccccc1. The van der Waals surface area contributed by atoms with Crippen molar-refractivity contribution in [3.63, 3.8) is 0 Å². The third kappa shape index (κ3) is 5.57. The summed E-state index contributed by atoms with van der Waals surface area (Å²) < 4.78 is 10.3. The molecule has 2 aromatic rings. The predicted octanol–water partition coefficient (Wildman–Crippen LogP) is 1.10. The molecular formula is C19H22N6O4. The van der Waals surface area contributed by atoms with E-state index in [2.05, 4.69) is 15.5 Å². The molecule has 1 fully saturated rings. The van der Waals surface area contributed by atoms with E-state index in [1.165, 1.54) is 0 Å². The number of carbonyl (C=O) groups excluding carboxylic acids is 1. The number of aromatic nitrogens is 1. The lowest BCUT2D eigenvalue weighted by Crippen LogP contribution is -2.38. The maximum atomic E-state index is 12.0. The van der Waals surface area contributed by atoms with E-state index in [-0.39, 0.29) is 18.2 Å². The predicted molar refractivity (Wildman–Crippen MR) is 106 cm³/mol. The second-order valence-corrected chi connectivity index (χ2v) is 6.12. The van der Waals surface area contributed by atoms with E-state index >= 15 is 0 Å². The number of amides is 1. The molecule has 0 radical (unpaired) electrons. The van der Waals surface area contributed by atoms with Crippen molar-refractivity contribution in [1.29, 1.82) is 5.41 Å². The minimum atomic E-state index is -0.922. The van der Waals surface area contributed by atoms with E-state index in [0.717, 1.165) is 5.01 Å². The van der Waals surface area contributed by atoms with Gasteiger partial charge >= 0.3 is 0 Å². The van der Waals surface area contributed by atoms with E-state index in [4.69, 9.17) is 25.6 Å². The van der Waals surface area contributed by atoms with Crippen LogP contribution in [0.5, 0.6) is 0 Å². The monoisotopic (exact) mass is 398 g/mol. The minimum Gasteiger partial charge on any atom is -0.389 e. The highest BCUT2D eigenvalue weighted by Gasteiger charge is 2.24. The van der Waals surface area contributed by atoms with E-state index in [1.807, 2.05) is 30.3 Å². The zero-order valence-corrected chi connectivity index (χ0v) is 15.9. The van der Waals surface area contributed by atoms with Gasteiger partial charge in [-0.05, 0) is 12.1 Å². The summed E-state index contributed by atoms with van der Waals surface area (Å²) in [6.45, 7) is 0.806. The molecule has 1 aromatic carbocycles. The minimum absolute atomic E-state index is 0.00161. The Morgan fingerprint density at radius 3 is 2.69 bits per heavy atom. The third-order valence-corrected chi connectivity index (χ3v) is 3.89. The van der Waals surface area contributed by atoms with Crippen LogP contribution in [0.2, 0.25) is 0 Å². The molecule has 0 spiro atoms. The Morgan fingerprint density at radius 1 is 1.28 bits per heavy atom. The average Bonchev–Trinajstić information content (AvgIpc) is 3.27. The van der Waals surface area contributed by atoms with Crippen molar-refractivity contribution in [3.05, 3.63) is 59.8 Å². The number of carbonyl (C=O) groups is 1. The number of ether oxygens (including phenoxy) is 2. The second kappa shape index (κ2) is 9.73. The number of nitrogens with zero attached hydrogens (tertiary/aromatic N) is 3. The Balaban J connectivity index is 1.66. The van der Waals surface area contributed by atoms with Crippen LogP contribution in [0.4, 0.5) is 5.82 Å². The van der Waals surface area contributed by atoms with Crippen LogP contribution in [-0.4, -0.2) is 54.0 Å². The van der Waals surface area contributed by atoms with Crippen molar-refractivity contribution in [1.82, 2.24) is 9.99 Å². The fraction of sp³-hybridized carbons (Fsp3) is 0.263. The van der Waals surface area contributed by atoms with Crippen molar-refractivity contribution in [3.8, 4) is 0 Å². The zero-order chi connectivity index (χ0) is 20.6. The zero-order valence-electron chi connectivity index (χ0n) is 15.9. The van der Waals surface area contributed by atoms with Gasteiger partial charge in [-0.1, -0.05) is 41.6 Å². The Labute approximate surface area is 167 Å². The fourth-order valence-corrected chi connectivity index (χ4v) is 2.48. The molecule has 29 heavy (non-hydrogen) atoms. The molecule has 10 heteroatoms. The van der Waals surface area contributed by atoms with Gasteiger partial charge in [0.15, 0.2) is 18.2 Å². The molecule has 2 heterocycles. The summed E-state index contributed by atoms with van der Waals surface area (Å²) in [5.41, 5.74) is 1.52. The maximum absolute atomic E-state index is 12.0. The van der Waals surface area contributed by atoms with Crippen LogP contribution >= 0.6 is 0 Å². The number of anilines is 1. The number of nitrogens with one attached hydrogen (secondary N) is 2. The number of hydrogen-bond donors (Lipinski definition) is 3. The topological polar surface area (TPSA) is 135 Å². The first kappa shape index (κ1) is 20.4. The van der Waals surface area contributed by atoms with Gasteiger partial charge in [0.05, 0.1) is 18.9 Å². The number of rotatable bonds is 7. The molecule has 0 atom stereocenters. The molecule has 0 bridgehead atoms. The quantitative estimate of drug-likeness (QED) is 0.275. The third-order valence-electron chi connectivity index (χ3n) is 3.89. The molecule has 3 rings (SSSR count). The van der Waals surface area contributed by atoms with Crippen molar-refractivity contribution in [2.45, 2.75) is 12.9 Å². The number of hydrogen-bond acceptors (Lipinski definition) is 8. The standard InChI is InChI=1S/C19H22N6O4/c1-25(21)17(20)16(13-6-3-2-4-7-13)24-29-12-14-8-5-9-15(22-14)23-18(26)19-27-10-11-28-19/h2-9,19-20H,10-12,21H2,1H3,(H,22,23,26)/b20-17?,24-16-. The Kier molecular flexibility index (Phi) is 6.85. The van der Waals surface area contributed by atoms with Gasteiger partial charge in [0.25, 0.3) is 5.91 Å². The smallest absolute Gasteiger partial charge is 0.282 e. The van der Waals surface area contributed by atoms with Crippen molar-refractivity contribution in [2.75, 3.05) is 25.6 Å². The van der Waals surface area contributed by atoms with Crippen LogP contribution < -0.4 is 11.2 Å². The Hall–Kier alpha value is -3.34. The Morgan fingerprint density at radius 2 is 2.00 bits per heavy atom. The van der Waals surface area contributed by atoms with Crippen LogP contribution in [0.1, 0.15) is 11.3 Å². The summed E-state index contributed by atoms with van der Waals surface area (Å²) in [5.74, 6) is 5.60. The van der Waals surface area contributed by atoms with E-state index in [1.54, 1.807) is 25.2 Å². The first-order chi connectivity index (χ1) is 14.0. The van der Waals surface area contributed by atoms with Gasteiger partial charge < -0.3 is 19.6 Å². The summed E-state index contributed by atoms with van der Waals surface area (Å²) in [6.07, 6.45) is -0.922. The van der Waals surface area contributed by atoms with Gasteiger partial charge in [-0.25, -0.2) is 10.8 Å². The molecule has 1 aliphatic heterocycles. The van der Waals surface area contributed by atoms with E-state index in [9.17, 15) is 4.79 Å². The normalized spacial score (nSPS) is 14.5. The van der Waals surface area contributed by atoms with Gasteiger partial charge in [0, 0.05) is 12.6 Å². The molecule has 1 aliphatic rings. The lowest BCUT2D eigenvalue weighted by atomic mass is 10.1. The van der Waals surface area contributed by atoms with Crippen LogP contribution in [0.25, 0.3) is 0 Å². The molecule has 0 unspecified atom stereocenters. The highest BCUT2D eigenvalue weighted by Crippen LogP contribution is 2.11. The highest BCUT2D eigenvalue weighted by atomic mass is 16.7. The lowest BCUT2D eigenvalue weighted by molar-refractivity contribution is -0.140. The number of hydrazine groups is 1. The number of pyridine rings is 1.